The van der Waals surface area contributed by atoms with Gasteiger partial charge in [0.1, 0.15) is 4.90 Å². The number of fused-ring (bicyclic) bond motifs is 1. The predicted molar refractivity (Wildman–Crippen MR) is 97.3 cm³/mol. The summed E-state index contributed by atoms with van der Waals surface area (Å²) in [4.78, 5) is 4.49. The largest absolute Gasteiger partial charge is 0.329 e. The average Bonchev–Trinajstić information content (AvgIpc) is 2.61. The Balaban J connectivity index is 1.79. The first-order chi connectivity index (χ1) is 11.8. The molecule has 0 bridgehead atoms. The monoisotopic (exact) mass is 360 g/mol. The van der Waals surface area contributed by atoms with Crippen molar-refractivity contribution in [2.45, 2.75) is 36.7 Å². The van der Waals surface area contributed by atoms with Gasteiger partial charge in [-0.1, -0.05) is 24.3 Å². The summed E-state index contributed by atoms with van der Waals surface area (Å²) in [5.74, 6) is 0. The quantitative estimate of drug-likeness (QED) is 0.830. The fourth-order valence-electron chi connectivity index (χ4n) is 2.98. The van der Waals surface area contributed by atoms with Gasteiger partial charge in [-0.25, -0.2) is 8.42 Å². The lowest BCUT2D eigenvalue weighted by Crippen LogP contribution is -2.46. The molecule has 1 atom stereocenters. The Hall–Kier alpha value is -1.80. The van der Waals surface area contributed by atoms with Crippen molar-refractivity contribution in [2.75, 3.05) is 13.1 Å². The van der Waals surface area contributed by atoms with Gasteiger partial charge in [0.15, 0.2) is 0 Å². The van der Waals surface area contributed by atoms with Gasteiger partial charge in [0, 0.05) is 43.5 Å². The van der Waals surface area contributed by atoms with Gasteiger partial charge in [-0.2, -0.15) is 4.31 Å². The second-order valence-electron chi connectivity index (χ2n) is 6.88. The molecule has 25 heavy (non-hydrogen) atoms. The van der Waals surface area contributed by atoms with Crippen molar-refractivity contribution in [3.8, 4) is 0 Å². The number of nitrogens with two attached hydrogens (primary N) is 2. The molecule has 1 aliphatic heterocycles. The zero-order valence-corrected chi connectivity index (χ0v) is 15.2. The lowest BCUT2D eigenvalue weighted by Gasteiger charge is -2.28. The molecule has 0 aliphatic carbocycles. The van der Waals surface area contributed by atoms with Gasteiger partial charge in [-0.05, 0) is 36.6 Å². The van der Waals surface area contributed by atoms with Crippen LogP contribution in [-0.4, -0.2) is 36.3 Å². The van der Waals surface area contributed by atoms with Crippen molar-refractivity contribution in [2.24, 2.45) is 11.5 Å². The third-order valence-corrected chi connectivity index (χ3v) is 6.41. The van der Waals surface area contributed by atoms with E-state index in [2.05, 4.69) is 11.1 Å². The van der Waals surface area contributed by atoms with E-state index in [1.165, 1.54) is 16.1 Å². The zero-order valence-electron chi connectivity index (χ0n) is 14.4. The van der Waals surface area contributed by atoms with Crippen molar-refractivity contribution in [1.82, 2.24) is 9.29 Å². The fourth-order valence-corrected chi connectivity index (χ4v) is 4.34. The molecule has 1 aliphatic rings. The Morgan fingerprint density at radius 1 is 1.20 bits per heavy atom. The highest BCUT2D eigenvalue weighted by molar-refractivity contribution is 7.89. The normalized spacial score (nSPS) is 17.7. The average molecular weight is 360 g/mol. The first-order valence-corrected chi connectivity index (χ1v) is 9.77. The maximum absolute atomic E-state index is 12.9. The van der Waals surface area contributed by atoms with Crippen LogP contribution in [0.4, 0.5) is 0 Å². The highest BCUT2D eigenvalue weighted by Gasteiger charge is 2.28. The minimum Gasteiger partial charge on any atom is -0.329 e. The summed E-state index contributed by atoms with van der Waals surface area (Å²) >= 11 is 0. The van der Waals surface area contributed by atoms with Crippen LogP contribution < -0.4 is 11.5 Å². The number of pyridine rings is 1. The van der Waals surface area contributed by atoms with Crippen LogP contribution in [0, 0.1) is 0 Å². The second-order valence-corrected chi connectivity index (χ2v) is 8.82. The predicted octanol–water partition coefficient (Wildman–Crippen LogP) is 1.05. The van der Waals surface area contributed by atoms with Gasteiger partial charge in [0.05, 0.1) is 0 Å². The molecule has 0 amide bonds. The molecule has 0 fully saturated rings. The van der Waals surface area contributed by atoms with Crippen LogP contribution in [0.2, 0.25) is 0 Å². The summed E-state index contributed by atoms with van der Waals surface area (Å²) in [5.41, 5.74) is 14.1. The summed E-state index contributed by atoms with van der Waals surface area (Å²) in [6.07, 6.45) is 2.64. The molecule has 0 saturated carbocycles. The summed E-state index contributed by atoms with van der Waals surface area (Å²) in [7, 11) is -3.56. The van der Waals surface area contributed by atoms with E-state index in [1.807, 2.05) is 25.1 Å². The number of aromatic nitrogens is 1. The molecule has 1 aromatic carbocycles. The third-order valence-electron chi connectivity index (χ3n) is 4.58. The Bertz CT molecular complexity index is 848. The van der Waals surface area contributed by atoms with E-state index in [4.69, 9.17) is 11.5 Å². The van der Waals surface area contributed by atoms with Crippen molar-refractivity contribution in [3.63, 3.8) is 0 Å². The summed E-state index contributed by atoms with van der Waals surface area (Å²) in [6, 6.07) is 11.3. The molecule has 1 unspecified atom stereocenters. The van der Waals surface area contributed by atoms with Crippen LogP contribution in [0.1, 0.15) is 23.7 Å². The first-order valence-electron chi connectivity index (χ1n) is 8.33. The standard InChI is InChI=1S/C18H24N4O2S/c1-18(20,13-19)10-16-6-7-17(11-21-16)25(23,24)22-9-8-14-4-2-3-5-15(14)12-22/h2-7,11H,8-10,12-13,19-20H2,1H3. The van der Waals surface area contributed by atoms with E-state index >= 15 is 0 Å². The van der Waals surface area contributed by atoms with Crippen LogP contribution in [0.25, 0.3) is 0 Å². The van der Waals surface area contributed by atoms with Crippen LogP contribution in [0.15, 0.2) is 47.5 Å². The highest BCUT2D eigenvalue weighted by Crippen LogP contribution is 2.24. The molecular weight excluding hydrogens is 336 g/mol. The second kappa shape index (κ2) is 6.84. The topological polar surface area (TPSA) is 102 Å². The number of benzene rings is 1. The molecule has 7 heteroatoms. The van der Waals surface area contributed by atoms with E-state index < -0.39 is 15.6 Å². The van der Waals surface area contributed by atoms with Gasteiger partial charge < -0.3 is 11.5 Å². The van der Waals surface area contributed by atoms with Crippen molar-refractivity contribution >= 4 is 10.0 Å². The number of sulfonamides is 1. The molecule has 0 spiro atoms. The molecule has 0 saturated heterocycles. The maximum atomic E-state index is 12.9. The molecule has 2 heterocycles. The summed E-state index contributed by atoms with van der Waals surface area (Å²) in [6.45, 7) is 3.07. The van der Waals surface area contributed by atoms with Crippen molar-refractivity contribution in [3.05, 3.63) is 59.4 Å². The molecule has 3 rings (SSSR count). The van der Waals surface area contributed by atoms with E-state index in [9.17, 15) is 8.42 Å². The minimum absolute atomic E-state index is 0.210. The maximum Gasteiger partial charge on any atom is 0.244 e. The minimum atomic E-state index is -3.56. The van der Waals surface area contributed by atoms with E-state index in [1.54, 1.807) is 12.1 Å². The SMILES string of the molecule is CC(N)(CN)Cc1ccc(S(=O)(=O)N2CCc3ccccc3C2)cn1. The molecule has 0 radical (unpaired) electrons. The fraction of sp³-hybridized carbons (Fsp3) is 0.389. The first kappa shape index (κ1) is 18.0. The van der Waals surface area contributed by atoms with Crippen LogP contribution in [0.3, 0.4) is 0 Å². The number of hydrogen-bond donors (Lipinski definition) is 2. The van der Waals surface area contributed by atoms with Crippen LogP contribution in [0.5, 0.6) is 0 Å². The van der Waals surface area contributed by atoms with Gasteiger partial charge in [-0.3, -0.25) is 4.98 Å². The Morgan fingerprint density at radius 2 is 1.92 bits per heavy atom. The summed E-state index contributed by atoms with van der Waals surface area (Å²) < 4.78 is 27.3. The van der Waals surface area contributed by atoms with E-state index in [0.29, 0.717) is 26.1 Å². The zero-order chi connectivity index (χ0) is 18.1. The van der Waals surface area contributed by atoms with E-state index in [0.717, 1.165) is 17.7 Å². The number of hydrogen-bond acceptors (Lipinski definition) is 5. The Morgan fingerprint density at radius 3 is 2.56 bits per heavy atom. The number of nitrogens with zero attached hydrogens (tertiary/aromatic N) is 2. The van der Waals surface area contributed by atoms with Crippen LogP contribution >= 0.6 is 0 Å². The summed E-state index contributed by atoms with van der Waals surface area (Å²) in [5, 5.41) is 0. The van der Waals surface area contributed by atoms with Crippen LogP contribution in [-0.2, 0) is 29.4 Å². The third kappa shape index (κ3) is 3.90. The van der Waals surface area contributed by atoms with Gasteiger partial charge in [0.25, 0.3) is 0 Å². The van der Waals surface area contributed by atoms with Crippen molar-refractivity contribution < 1.29 is 8.42 Å². The molecule has 4 N–H and O–H groups in total. The lowest BCUT2D eigenvalue weighted by molar-refractivity contribution is 0.391. The number of rotatable bonds is 5. The molecule has 1 aromatic heterocycles. The Labute approximate surface area is 148 Å². The van der Waals surface area contributed by atoms with E-state index in [-0.39, 0.29) is 4.90 Å². The molecular formula is C18H24N4O2S. The van der Waals surface area contributed by atoms with Gasteiger partial charge >= 0.3 is 0 Å². The molecule has 134 valence electrons. The van der Waals surface area contributed by atoms with Gasteiger partial charge in [-0.15, -0.1) is 0 Å². The van der Waals surface area contributed by atoms with Gasteiger partial charge in [0.2, 0.25) is 10.0 Å². The van der Waals surface area contributed by atoms with Crippen molar-refractivity contribution in [1.29, 1.82) is 0 Å². The Kier molecular flexibility index (Phi) is 4.92. The highest BCUT2D eigenvalue weighted by atomic mass is 32.2. The molecule has 2 aromatic rings. The lowest BCUT2D eigenvalue weighted by atomic mass is 9.97. The smallest absolute Gasteiger partial charge is 0.244 e. The molecule has 6 nitrogen and oxygen atoms in total.